The summed E-state index contributed by atoms with van der Waals surface area (Å²) >= 11 is 0. The fourth-order valence-corrected chi connectivity index (χ4v) is 24.4. The molecule has 12 aliphatic rings. The molecule has 0 spiro atoms. The summed E-state index contributed by atoms with van der Waals surface area (Å²) in [6.45, 7) is 39.5. The highest BCUT2D eigenvalue weighted by Crippen LogP contribution is 2.70. The zero-order valence-electron chi connectivity index (χ0n) is 58.8. The Morgan fingerprint density at radius 1 is 0.430 bits per heavy atom. The average molecular weight is 1180 g/mol. The van der Waals surface area contributed by atoms with Crippen molar-refractivity contribution in [2.75, 3.05) is 0 Å². The molecule has 0 bridgehead atoms. The van der Waals surface area contributed by atoms with Crippen LogP contribution in [0.15, 0.2) is 81.5 Å². The van der Waals surface area contributed by atoms with Crippen molar-refractivity contribution >= 4 is 0 Å². The Labute approximate surface area is 530 Å². The van der Waals surface area contributed by atoms with Gasteiger partial charge in [0.15, 0.2) is 0 Å². The quantitative estimate of drug-likeness (QED) is 0.143. The van der Waals surface area contributed by atoms with Crippen LogP contribution in [0, 0.1) is 121 Å². The number of aliphatic hydroxyl groups excluding tert-OH is 3. The van der Waals surface area contributed by atoms with Crippen LogP contribution in [-0.2, 0) is 0 Å². The second-order valence-electron chi connectivity index (χ2n) is 35.6. The Hall–Kier alpha value is -1.94. The van der Waals surface area contributed by atoms with Gasteiger partial charge in [0.25, 0.3) is 0 Å². The van der Waals surface area contributed by atoms with Gasteiger partial charge in [-0.2, -0.15) is 0 Å². The lowest BCUT2D eigenvalue weighted by molar-refractivity contribution is 0.0315. The van der Waals surface area contributed by atoms with Crippen LogP contribution in [0.3, 0.4) is 0 Å². The summed E-state index contributed by atoms with van der Waals surface area (Å²) in [6.07, 6.45) is 54.1. The maximum absolute atomic E-state index is 10.2. The van der Waals surface area contributed by atoms with E-state index in [-0.39, 0.29) is 18.3 Å². The highest BCUT2D eigenvalue weighted by atomic mass is 16.3. The normalized spacial score (nSPS) is 43.2. The van der Waals surface area contributed by atoms with E-state index < -0.39 is 0 Å². The molecule has 0 aromatic rings. The van der Waals surface area contributed by atoms with Crippen molar-refractivity contribution in [3.05, 3.63) is 81.5 Å². The van der Waals surface area contributed by atoms with Gasteiger partial charge in [0, 0.05) is 0 Å². The summed E-state index contributed by atoms with van der Waals surface area (Å²) in [5.74, 6) is 12.5. The van der Waals surface area contributed by atoms with Crippen molar-refractivity contribution in [3.8, 4) is 0 Å². The van der Waals surface area contributed by atoms with Gasteiger partial charge in [0.2, 0.25) is 0 Å². The Kier molecular flexibility index (Phi) is 20.7. The van der Waals surface area contributed by atoms with Crippen LogP contribution in [-0.4, -0.2) is 33.6 Å². The number of rotatable bonds is 15. The summed E-state index contributed by atoms with van der Waals surface area (Å²) in [5, 5.41) is 30.6. The first-order chi connectivity index (χ1) is 40.7. The maximum Gasteiger partial charge on any atom is 0.0578 e. The number of aliphatic hydroxyl groups is 3. The number of hydrogen-bond acceptors (Lipinski definition) is 3. The molecule has 0 aliphatic heterocycles. The topological polar surface area (TPSA) is 60.7 Å². The van der Waals surface area contributed by atoms with Gasteiger partial charge in [-0.3, -0.25) is 0 Å². The number of allylic oxidation sites excluding steroid dienone is 11. The van der Waals surface area contributed by atoms with Crippen LogP contribution >= 0.6 is 0 Å². The third-order valence-electron chi connectivity index (χ3n) is 30.0. The van der Waals surface area contributed by atoms with Crippen LogP contribution in [0.1, 0.15) is 297 Å². The summed E-state index contributed by atoms with van der Waals surface area (Å²) in [6, 6.07) is 0. The molecule has 0 radical (unpaired) electrons. The van der Waals surface area contributed by atoms with Crippen LogP contribution in [0.2, 0.25) is 0 Å². The standard InChI is InChI=1S/C29H48O.C27H44O.C27H42O/c1-7-21(19(2)3)9-8-20(4)25-12-13-26-24-11-10-22-18-23(30)14-16-28(22,5)27(24)15-17-29(25,26)6;2*1-18(2)7-6-8-19(3)23-11-12-24-22-10-9-20-17-21(28)13-15-26(20,4)25(22)14-16-27(23,24)5/h10-11,19-21,23,25-27,30H,7-9,12-18H2,1-6H3;9-10,18-19,21,23-25,28H,6-8,11-17H2,1-5H3;7,9-10,19,21,23-25,28H,6,8,11-17H2,1-5H3. The highest BCUT2D eigenvalue weighted by molar-refractivity contribution is 5.42. The predicted molar refractivity (Wildman–Crippen MR) is 366 cm³/mol. The minimum Gasteiger partial charge on any atom is -0.393 e. The van der Waals surface area contributed by atoms with E-state index in [0.29, 0.717) is 32.5 Å². The number of fused-ring (bicyclic) bond motifs is 15. The molecule has 0 aromatic heterocycles. The van der Waals surface area contributed by atoms with Gasteiger partial charge in [-0.25, -0.2) is 0 Å². The molecular weight excluding hydrogens is 1040 g/mol. The van der Waals surface area contributed by atoms with Crippen molar-refractivity contribution in [1.29, 1.82) is 0 Å². The molecule has 3 N–H and O–H groups in total. The molecule has 0 amide bonds. The third-order valence-corrected chi connectivity index (χ3v) is 30.0. The van der Waals surface area contributed by atoms with Crippen molar-refractivity contribution < 1.29 is 15.3 Å². The van der Waals surface area contributed by atoms with E-state index >= 15 is 0 Å². The minimum atomic E-state index is -0.111. The molecule has 0 heterocycles. The van der Waals surface area contributed by atoms with Crippen molar-refractivity contribution in [1.82, 2.24) is 0 Å². The molecule has 12 aliphatic carbocycles. The lowest BCUT2D eigenvalue weighted by atomic mass is 9.50. The molecule has 3 heteroatoms. The first-order valence-electron chi connectivity index (χ1n) is 37.6. The van der Waals surface area contributed by atoms with Crippen molar-refractivity contribution in [3.63, 3.8) is 0 Å². The molecule has 12 rings (SSSR count). The molecule has 0 saturated heterocycles. The van der Waals surface area contributed by atoms with Crippen LogP contribution in [0.25, 0.3) is 0 Å². The van der Waals surface area contributed by atoms with Crippen molar-refractivity contribution in [2.24, 2.45) is 121 Å². The first kappa shape index (κ1) is 67.0. The van der Waals surface area contributed by atoms with Gasteiger partial charge in [0.1, 0.15) is 0 Å². The van der Waals surface area contributed by atoms with Crippen LogP contribution < -0.4 is 0 Å². The Morgan fingerprint density at radius 3 is 1.13 bits per heavy atom. The molecule has 3 nitrogen and oxygen atoms in total. The Morgan fingerprint density at radius 2 is 0.791 bits per heavy atom. The molecule has 22 atom stereocenters. The maximum atomic E-state index is 10.2. The van der Waals surface area contributed by atoms with E-state index in [1.54, 1.807) is 27.9 Å². The van der Waals surface area contributed by atoms with E-state index in [1.807, 2.05) is 0 Å². The zero-order valence-corrected chi connectivity index (χ0v) is 58.8. The van der Waals surface area contributed by atoms with Gasteiger partial charge in [-0.05, 0) is 289 Å². The summed E-state index contributed by atoms with van der Waals surface area (Å²) in [7, 11) is 0. The van der Waals surface area contributed by atoms with E-state index in [2.05, 4.69) is 153 Å². The van der Waals surface area contributed by atoms with E-state index in [4.69, 9.17) is 0 Å². The van der Waals surface area contributed by atoms with E-state index in [0.717, 1.165) is 127 Å². The van der Waals surface area contributed by atoms with Gasteiger partial charge in [-0.1, -0.05) is 211 Å². The number of hydrogen-bond donors (Lipinski definition) is 3. The summed E-state index contributed by atoms with van der Waals surface area (Å²) < 4.78 is 0. The van der Waals surface area contributed by atoms with Crippen molar-refractivity contribution in [2.45, 2.75) is 315 Å². The zero-order chi connectivity index (χ0) is 61.9. The lowest BCUT2D eigenvalue weighted by Gasteiger charge is -2.55. The lowest BCUT2D eigenvalue weighted by Crippen LogP contribution is -2.46. The summed E-state index contributed by atoms with van der Waals surface area (Å²) in [5.41, 5.74) is 14.0. The fraction of sp³-hybridized carbons (Fsp3) is 0.831. The van der Waals surface area contributed by atoms with Crippen LogP contribution in [0.4, 0.5) is 0 Å². The molecule has 0 aromatic carbocycles. The second kappa shape index (κ2) is 26.6. The SMILES string of the molecule is CC(C)=CCCC(C)C1CCC2C3=CC=C4CC(O)CCC4(C)C3CCC21C.CC(C)CCCC(C)C1CCC2C3=CC=C4CC(O)CCC4(C)C3CCC21C.CCC(CCC(C)C1CCC2C3=CC=C4CC(O)CCC4(C)C3CCC21C)C(C)C. The highest BCUT2D eigenvalue weighted by Gasteiger charge is 2.60. The van der Waals surface area contributed by atoms with Crippen LogP contribution in [0.5, 0.6) is 0 Å². The largest absolute Gasteiger partial charge is 0.393 e. The van der Waals surface area contributed by atoms with Gasteiger partial charge < -0.3 is 15.3 Å². The van der Waals surface area contributed by atoms with E-state index in [9.17, 15) is 15.3 Å². The monoisotopic (exact) mass is 1180 g/mol. The van der Waals surface area contributed by atoms with Gasteiger partial charge in [0.05, 0.1) is 18.3 Å². The van der Waals surface area contributed by atoms with Gasteiger partial charge >= 0.3 is 0 Å². The predicted octanol–water partition coefficient (Wildman–Crippen LogP) is 22.5. The summed E-state index contributed by atoms with van der Waals surface area (Å²) in [4.78, 5) is 0. The molecule has 9 saturated carbocycles. The van der Waals surface area contributed by atoms with E-state index in [1.165, 1.54) is 159 Å². The molecule has 484 valence electrons. The second-order valence-corrected chi connectivity index (χ2v) is 35.6. The minimum absolute atomic E-state index is 0.106. The Bertz CT molecular complexity index is 2580. The molecular formula is C83H134O3. The molecule has 86 heavy (non-hydrogen) atoms. The average Bonchev–Trinajstić information content (AvgIpc) is 1.35. The first-order valence-corrected chi connectivity index (χ1v) is 37.6. The third kappa shape index (κ3) is 12.6. The Balaban J connectivity index is 0.000000143. The smallest absolute Gasteiger partial charge is 0.0578 e. The molecule has 9 fully saturated rings. The molecule has 22 unspecified atom stereocenters. The van der Waals surface area contributed by atoms with Gasteiger partial charge in [-0.15, -0.1) is 0 Å². The fourth-order valence-electron chi connectivity index (χ4n) is 24.4.